The highest BCUT2D eigenvalue weighted by Crippen LogP contribution is 2.10. The summed E-state index contributed by atoms with van der Waals surface area (Å²) in [6.07, 6.45) is 4.49. The summed E-state index contributed by atoms with van der Waals surface area (Å²) in [4.78, 5) is 12.3. The number of nitrogens with one attached hydrogen (secondary N) is 2. The number of nitrogen functional groups attached to an aromatic ring is 1. The Morgan fingerprint density at radius 1 is 1.30 bits per heavy atom. The molecule has 2 rings (SSSR count). The fraction of sp³-hybridized carbons (Fsp3) is 0.455. The van der Waals surface area contributed by atoms with E-state index in [4.69, 9.17) is 10.6 Å². The van der Waals surface area contributed by atoms with Crippen LogP contribution in [0.2, 0.25) is 0 Å². The van der Waals surface area contributed by atoms with Crippen molar-refractivity contribution < 1.29 is 4.74 Å². The van der Waals surface area contributed by atoms with E-state index in [0.717, 1.165) is 6.42 Å². The first kappa shape index (κ1) is 14.0. The van der Waals surface area contributed by atoms with Crippen LogP contribution in [-0.4, -0.2) is 37.9 Å². The molecule has 9 heteroatoms. The van der Waals surface area contributed by atoms with Gasteiger partial charge in [-0.25, -0.2) is 5.84 Å². The Labute approximate surface area is 116 Å². The molecule has 0 aliphatic rings. The average molecular weight is 278 g/mol. The molecule has 0 aromatic carbocycles. The maximum Gasteiger partial charge on any atom is 0.323 e. The number of nitrogens with two attached hydrogens (primary N) is 1. The third-order valence-corrected chi connectivity index (χ3v) is 2.36. The van der Waals surface area contributed by atoms with E-state index in [1.807, 2.05) is 23.9 Å². The lowest BCUT2D eigenvalue weighted by Gasteiger charge is -2.09. The molecule has 0 amide bonds. The molecule has 2 aromatic heterocycles. The Bertz CT molecular complexity index is 515. The van der Waals surface area contributed by atoms with Gasteiger partial charge >= 0.3 is 6.01 Å². The van der Waals surface area contributed by atoms with Gasteiger partial charge in [0.2, 0.25) is 11.9 Å². The van der Waals surface area contributed by atoms with Gasteiger partial charge in [0.25, 0.3) is 0 Å². The summed E-state index contributed by atoms with van der Waals surface area (Å²) in [6, 6.07) is 2.12. The van der Waals surface area contributed by atoms with Crippen molar-refractivity contribution in [2.24, 2.45) is 5.84 Å². The monoisotopic (exact) mass is 278 g/mol. The van der Waals surface area contributed by atoms with Gasteiger partial charge in [0.15, 0.2) is 0 Å². The van der Waals surface area contributed by atoms with Gasteiger partial charge in [-0.1, -0.05) is 6.92 Å². The lowest BCUT2D eigenvalue weighted by atomic mass is 10.5. The van der Waals surface area contributed by atoms with E-state index >= 15 is 0 Å². The summed E-state index contributed by atoms with van der Waals surface area (Å²) in [6.45, 7) is 3.88. The average Bonchev–Trinajstić information content (AvgIpc) is 2.98. The molecule has 0 bridgehead atoms. The van der Waals surface area contributed by atoms with Gasteiger partial charge in [0, 0.05) is 18.9 Å². The van der Waals surface area contributed by atoms with Crippen molar-refractivity contribution in [1.29, 1.82) is 0 Å². The second-order valence-corrected chi connectivity index (χ2v) is 3.95. The molecule has 9 nitrogen and oxygen atoms in total. The van der Waals surface area contributed by atoms with Crippen LogP contribution >= 0.6 is 0 Å². The minimum absolute atomic E-state index is 0.247. The van der Waals surface area contributed by atoms with Crippen molar-refractivity contribution in [3.05, 3.63) is 18.5 Å². The van der Waals surface area contributed by atoms with E-state index in [1.165, 1.54) is 0 Å². The van der Waals surface area contributed by atoms with E-state index < -0.39 is 0 Å². The van der Waals surface area contributed by atoms with E-state index in [9.17, 15) is 0 Å². The Hall–Kier alpha value is -2.42. The van der Waals surface area contributed by atoms with Gasteiger partial charge in [-0.2, -0.15) is 20.1 Å². The van der Waals surface area contributed by atoms with Crippen LogP contribution in [0.1, 0.15) is 13.3 Å². The van der Waals surface area contributed by atoms with Crippen molar-refractivity contribution in [2.45, 2.75) is 19.9 Å². The number of hydrazine groups is 1. The topological polar surface area (TPSA) is 116 Å². The van der Waals surface area contributed by atoms with Crippen molar-refractivity contribution in [3.8, 4) is 6.01 Å². The summed E-state index contributed by atoms with van der Waals surface area (Å²) in [5, 5.41) is 7.18. The number of hydrogen-bond acceptors (Lipinski definition) is 8. The zero-order valence-corrected chi connectivity index (χ0v) is 11.3. The van der Waals surface area contributed by atoms with Crippen LogP contribution in [0.25, 0.3) is 0 Å². The minimum atomic E-state index is 0.247. The van der Waals surface area contributed by atoms with Crippen LogP contribution in [0, 0.1) is 0 Å². The van der Waals surface area contributed by atoms with Gasteiger partial charge in [-0.15, -0.1) is 0 Å². The van der Waals surface area contributed by atoms with Crippen LogP contribution in [-0.2, 0) is 6.54 Å². The molecule has 0 saturated carbocycles. The minimum Gasteiger partial charge on any atom is -0.463 e. The van der Waals surface area contributed by atoms with Crippen molar-refractivity contribution in [3.63, 3.8) is 0 Å². The second kappa shape index (κ2) is 7.24. The van der Waals surface area contributed by atoms with Gasteiger partial charge in [-0.3, -0.25) is 10.1 Å². The van der Waals surface area contributed by atoms with E-state index in [2.05, 4.69) is 30.8 Å². The van der Waals surface area contributed by atoms with Gasteiger partial charge < -0.3 is 10.1 Å². The summed E-state index contributed by atoms with van der Waals surface area (Å²) in [5.74, 6) is 5.99. The van der Waals surface area contributed by atoms with E-state index in [1.54, 1.807) is 6.20 Å². The quantitative estimate of drug-likeness (QED) is 0.465. The molecule has 20 heavy (non-hydrogen) atoms. The molecule has 0 aliphatic heterocycles. The molecule has 4 N–H and O–H groups in total. The fourth-order valence-electron chi connectivity index (χ4n) is 1.47. The second-order valence-electron chi connectivity index (χ2n) is 3.95. The van der Waals surface area contributed by atoms with Crippen LogP contribution < -0.4 is 21.3 Å². The summed E-state index contributed by atoms with van der Waals surface area (Å²) in [7, 11) is 0. The number of hydrogen-bond donors (Lipinski definition) is 3. The molecular formula is C11H18N8O. The molecular weight excluding hydrogens is 260 g/mol. The molecule has 0 atom stereocenters. The largest absolute Gasteiger partial charge is 0.463 e. The van der Waals surface area contributed by atoms with Crippen LogP contribution in [0.15, 0.2) is 18.5 Å². The lowest BCUT2D eigenvalue weighted by Crippen LogP contribution is -2.17. The number of aromatic nitrogens is 5. The predicted molar refractivity (Wildman–Crippen MR) is 74.1 cm³/mol. The summed E-state index contributed by atoms with van der Waals surface area (Å²) >= 11 is 0. The summed E-state index contributed by atoms with van der Waals surface area (Å²) < 4.78 is 7.19. The van der Waals surface area contributed by atoms with Crippen molar-refractivity contribution >= 4 is 11.9 Å². The van der Waals surface area contributed by atoms with Gasteiger partial charge in [0.05, 0.1) is 13.2 Å². The first-order chi connectivity index (χ1) is 9.81. The first-order valence-electron chi connectivity index (χ1n) is 6.38. The Morgan fingerprint density at radius 3 is 2.85 bits per heavy atom. The van der Waals surface area contributed by atoms with Crippen LogP contribution in [0.5, 0.6) is 6.01 Å². The fourth-order valence-corrected chi connectivity index (χ4v) is 1.47. The smallest absolute Gasteiger partial charge is 0.323 e. The van der Waals surface area contributed by atoms with Crippen molar-refractivity contribution in [2.75, 3.05) is 23.9 Å². The van der Waals surface area contributed by atoms with Crippen LogP contribution in [0.3, 0.4) is 0 Å². The van der Waals surface area contributed by atoms with Crippen LogP contribution in [0.4, 0.5) is 11.9 Å². The van der Waals surface area contributed by atoms with E-state index in [0.29, 0.717) is 25.6 Å². The number of anilines is 2. The first-order valence-corrected chi connectivity index (χ1v) is 6.38. The highest BCUT2D eigenvalue weighted by molar-refractivity contribution is 5.34. The highest BCUT2D eigenvalue weighted by Gasteiger charge is 2.06. The molecule has 2 heterocycles. The zero-order chi connectivity index (χ0) is 14.2. The normalized spacial score (nSPS) is 10.3. The lowest BCUT2D eigenvalue weighted by molar-refractivity contribution is 0.292. The number of ether oxygens (including phenoxy) is 1. The molecule has 2 aromatic rings. The molecule has 0 unspecified atom stereocenters. The molecule has 0 fully saturated rings. The number of rotatable bonds is 8. The van der Waals surface area contributed by atoms with Gasteiger partial charge in [0.1, 0.15) is 0 Å². The standard InChI is InChI=1S/C11H18N8O/c1-2-8-20-11-16-9(15-10(17-11)18-12)13-5-7-19-6-3-4-14-19/h3-4,6H,2,5,7-8,12H2,1H3,(H2,13,15,16,17,18). The Morgan fingerprint density at radius 2 is 2.15 bits per heavy atom. The zero-order valence-electron chi connectivity index (χ0n) is 11.3. The maximum absolute atomic E-state index is 5.38. The predicted octanol–water partition coefficient (Wildman–Crippen LogP) is 0.255. The molecule has 0 radical (unpaired) electrons. The van der Waals surface area contributed by atoms with Crippen molar-refractivity contribution in [1.82, 2.24) is 24.7 Å². The molecule has 0 aliphatic carbocycles. The van der Waals surface area contributed by atoms with Gasteiger partial charge in [-0.05, 0) is 12.5 Å². The highest BCUT2D eigenvalue weighted by atomic mass is 16.5. The molecule has 0 saturated heterocycles. The summed E-state index contributed by atoms with van der Waals surface area (Å²) in [5.41, 5.74) is 2.39. The SMILES string of the molecule is CCCOc1nc(NN)nc(NCCn2cccn2)n1. The molecule has 0 spiro atoms. The number of nitrogens with zero attached hydrogens (tertiary/aromatic N) is 5. The molecule has 108 valence electrons. The third kappa shape index (κ3) is 4.05. The third-order valence-electron chi connectivity index (χ3n) is 2.36. The van der Waals surface area contributed by atoms with E-state index in [-0.39, 0.29) is 12.0 Å². The Balaban J connectivity index is 1.94. The maximum atomic E-state index is 5.38. The Kier molecular flexibility index (Phi) is 5.07.